The van der Waals surface area contributed by atoms with E-state index in [9.17, 15) is 13.2 Å². The molecule has 4 aromatic carbocycles. The molecule has 2 N–H and O–H groups in total. The van der Waals surface area contributed by atoms with E-state index in [1.807, 2.05) is 30.3 Å². The first-order chi connectivity index (χ1) is 16.8. The maximum absolute atomic E-state index is 13.3. The predicted octanol–water partition coefficient (Wildman–Crippen LogP) is 7.27. The number of halogens is 2. The minimum Gasteiger partial charge on any atom is -0.323 e. The largest absolute Gasteiger partial charge is 0.323 e. The third kappa shape index (κ3) is 6.38. The van der Waals surface area contributed by atoms with Crippen LogP contribution in [-0.4, -0.2) is 14.3 Å². The zero-order valence-electron chi connectivity index (χ0n) is 18.2. The Balaban J connectivity index is 1.53. The van der Waals surface area contributed by atoms with Gasteiger partial charge in [0.15, 0.2) is 0 Å². The van der Waals surface area contributed by atoms with Crippen molar-refractivity contribution in [1.82, 2.24) is 0 Å². The highest BCUT2D eigenvalue weighted by Crippen LogP contribution is 2.38. The molecule has 1 atom stereocenters. The van der Waals surface area contributed by atoms with E-state index < -0.39 is 15.3 Å². The van der Waals surface area contributed by atoms with Crippen molar-refractivity contribution >= 4 is 62.3 Å². The Kier molecular flexibility index (Phi) is 8.03. The molecule has 0 spiro atoms. The Morgan fingerprint density at radius 2 is 1.40 bits per heavy atom. The third-order valence-electron chi connectivity index (χ3n) is 4.96. The molecule has 5 nitrogen and oxygen atoms in total. The van der Waals surface area contributed by atoms with Crippen LogP contribution >= 0.6 is 35.0 Å². The second-order valence-electron chi connectivity index (χ2n) is 7.44. The zero-order valence-corrected chi connectivity index (χ0v) is 21.3. The fraction of sp³-hybridized carbons (Fsp3) is 0.0385. The van der Waals surface area contributed by atoms with Gasteiger partial charge >= 0.3 is 0 Å². The summed E-state index contributed by atoms with van der Waals surface area (Å²) in [6, 6.07) is 29.4. The number of hydrogen-bond acceptors (Lipinski definition) is 4. The van der Waals surface area contributed by atoms with E-state index in [1.54, 1.807) is 60.7 Å². The minimum atomic E-state index is -3.69. The average Bonchev–Trinajstić information content (AvgIpc) is 2.87. The topological polar surface area (TPSA) is 75.3 Å². The van der Waals surface area contributed by atoms with Gasteiger partial charge in [-0.05, 0) is 54.1 Å². The van der Waals surface area contributed by atoms with Crippen LogP contribution in [0.1, 0.15) is 10.8 Å². The SMILES string of the molecule is O=C(Nc1cccc(Cl)c1Cl)C(Sc1ccc(NS(=O)(=O)c2ccccc2)cc1)c1ccccc1. The van der Waals surface area contributed by atoms with Gasteiger partial charge in [0.2, 0.25) is 5.91 Å². The van der Waals surface area contributed by atoms with Crippen molar-refractivity contribution in [3.8, 4) is 0 Å². The Morgan fingerprint density at radius 3 is 2.06 bits per heavy atom. The van der Waals surface area contributed by atoms with Crippen molar-refractivity contribution in [2.45, 2.75) is 15.0 Å². The number of carbonyl (C=O) groups excluding carboxylic acids is 1. The Labute approximate surface area is 218 Å². The van der Waals surface area contributed by atoms with E-state index in [0.29, 0.717) is 16.4 Å². The molecule has 1 amide bonds. The monoisotopic (exact) mass is 542 g/mol. The van der Waals surface area contributed by atoms with Crippen LogP contribution in [0.2, 0.25) is 10.0 Å². The van der Waals surface area contributed by atoms with Gasteiger partial charge < -0.3 is 5.32 Å². The first kappa shape index (κ1) is 25.1. The Hall–Kier alpha value is -2.97. The van der Waals surface area contributed by atoms with Crippen molar-refractivity contribution < 1.29 is 13.2 Å². The molecule has 0 saturated heterocycles. The van der Waals surface area contributed by atoms with Gasteiger partial charge in [0.1, 0.15) is 5.25 Å². The number of hydrogen-bond donors (Lipinski definition) is 2. The first-order valence-electron chi connectivity index (χ1n) is 10.5. The maximum Gasteiger partial charge on any atom is 0.261 e. The summed E-state index contributed by atoms with van der Waals surface area (Å²) in [5.41, 5.74) is 1.66. The molecule has 9 heteroatoms. The smallest absolute Gasteiger partial charge is 0.261 e. The quantitative estimate of drug-likeness (QED) is 0.229. The number of thioether (sulfide) groups is 1. The molecule has 4 aromatic rings. The molecule has 0 radical (unpaired) electrons. The summed E-state index contributed by atoms with van der Waals surface area (Å²) < 4.78 is 27.7. The van der Waals surface area contributed by atoms with Gasteiger partial charge in [-0.3, -0.25) is 9.52 Å². The lowest BCUT2D eigenvalue weighted by Crippen LogP contribution is -2.19. The molecule has 0 saturated carbocycles. The molecular weight excluding hydrogens is 523 g/mol. The van der Waals surface area contributed by atoms with Crippen molar-refractivity contribution in [1.29, 1.82) is 0 Å². The molecule has 178 valence electrons. The average molecular weight is 543 g/mol. The van der Waals surface area contributed by atoms with Crippen LogP contribution < -0.4 is 10.0 Å². The molecule has 1 unspecified atom stereocenters. The van der Waals surface area contributed by atoms with Crippen LogP contribution in [0.4, 0.5) is 11.4 Å². The number of benzene rings is 4. The summed E-state index contributed by atoms with van der Waals surface area (Å²) in [6.07, 6.45) is 0. The highest BCUT2D eigenvalue weighted by Gasteiger charge is 2.23. The van der Waals surface area contributed by atoms with Gasteiger partial charge in [0.25, 0.3) is 10.0 Å². The zero-order chi connectivity index (χ0) is 24.8. The van der Waals surface area contributed by atoms with Crippen LogP contribution in [0.5, 0.6) is 0 Å². The van der Waals surface area contributed by atoms with Crippen LogP contribution in [-0.2, 0) is 14.8 Å². The third-order valence-corrected chi connectivity index (χ3v) is 8.45. The van der Waals surface area contributed by atoms with E-state index >= 15 is 0 Å². The van der Waals surface area contributed by atoms with E-state index in [0.717, 1.165) is 10.5 Å². The van der Waals surface area contributed by atoms with E-state index in [-0.39, 0.29) is 15.8 Å². The Bertz CT molecular complexity index is 1420. The number of sulfonamides is 1. The van der Waals surface area contributed by atoms with Crippen molar-refractivity contribution in [3.05, 3.63) is 119 Å². The molecule has 0 aliphatic heterocycles. The molecule has 0 aliphatic carbocycles. The molecule has 0 fully saturated rings. The fourth-order valence-electron chi connectivity index (χ4n) is 3.25. The minimum absolute atomic E-state index is 0.180. The number of nitrogens with one attached hydrogen (secondary N) is 2. The molecule has 0 bridgehead atoms. The number of anilines is 2. The van der Waals surface area contributed by atoms with E-state index in [2.05, 4.69) is 10.0 Å². The van der Waals surface area contributed by atoms with E-state index in [4.69, 9.17) is 23.2 Å². The number of carbonyl (C=O) groups is 1. The summed E-state index contributed by atoms with van der Waals surface area (Å²) in [5.74, 6) is -0.265. The van der Waals surface area contributed by atoms with Gasteiger partial charge in [0.05, 0.1) is 20.6 Å². The molecule has 4 rings (SSSR count). The van der Waals surface area contributed by atoms with Crippen LogP contribution in [0.3, 0.4) is 0 Å². The first-order valence-corrected chi connectivity index (χ1v) is 13.6. The van der Waals surface area contributed by atoms with Crippen molar-refractivity contribution in [2.24, 2.45) is 0 Å². The highest BCUT2D eigenvalue weighted by atomic mass is 35.5. The summed E-state index contributed by atoms with van der Waals surface area (Å²) in [4.78, 5) is 14.2. The summed E-state index contributed by atoms with van der Waals surface area (Å²) in [7, 11) is -3.69. The van der Waals surface area contributed by atoms with Gasteiger partial charge in [-0.25, -0.2) is 8.42 Å². The summed E-state index contributed by atoms with van der Waals surface area (Å²) >= 11 is 13.7. The molecule has 0 aromatic heterocycles. The van der Waals surface area contributed by atoms with Crippen molar-refractivity contribution in [2.75, 3.05) is 10.0 Å². The van der Waals surface area contributed by atoms with Gasteiger partial charge in [0, 0.05) is 10.6 Å². The number of rotatable bonds is 8. The lowest BCUT2D eigenvalue weighted by atomic mass is 10.1. The van der Waals surface area contributed by atoms with E-state index in [1.165, 1.54) is 23.9 Å². The normalized spacial score (nSPS) is 12.1. The maximum atomic E-state index is 13.3. The molecule has 0 heterocycles. The van der Waals surface area contributed by atoms with Gasteiger partial charge in [-0.1, -0.05) is 77.8 Å². The van der Waals surface area contributed by atoms with Crippen LogP contribution in [0, 0.1) is 0 Å². The highest BCUT2D eigenvalue weighted by molar-refractivity contribution is 8.00. The summed E-state index contributed by atoms with van der Waals surface area (Å²) in [5, 5.41) is 2.90. The van der Waals surface area contributed by atoms with Crippen LogP contribution in [0.15, 0.2) is 113 Å². The second-order valence-corrected chi connectivity index (χ2v) is 11.1. The predicted molar refractivity (Wildman–Crippen MR) is 144 cm³/mol. The summed E-state index contributed by atoms with van der Waals surface area (Å²) in [6.45, 7) is 0. The van der Waals surface area contributed by atoms with Gasteiger partial charge in [-0.15, -0.1) is 11.8 Å². The van der Waals surface area contributed by atoms with Crippen LogP contribution in [0.25, 0.3) is 0 Å². The standard InChI is InChI=1S/C26H20Cl2N2O3S2/c27-22-12-7-13-23(24(22)28)29-26(31)25(18-8-3-1-4-9-18)34-20-16-14-19(15-17-20)30-35(32,33)21-10-5-2-6-11-21/h1-17,25,30H,(H,29,31). The number of amides is 1. The second kappa shape index (κ2) is 11.2. The van der Waals surface area contributed by atoms with Crippen molar-refractivity contribution in [3.63, 3.8) is 0 Å². The lowest BCUT2D eigenvalue weighted by molar-refractivity contribution is -0.115. The van der Waals surface area contributed by atoms with Gasteiger partial charge in [-0.2, -0.15) is 0 Å². The lowest BCUT2D eigenvalue weighted by Gasteiger charge is -2.18. The molecular formula is C26H20Cl2N2O3S2. The molecule has 35 heavy (non-hydrogen) atoms. The Morgan fingerprint density at radius 1 is 0.771 bits per heavy atom. The molecule has 0 aliphatic rings. The fourth-order valence-corrected chi connectivity index (χ4v) is 5.70.